The fourth-order valence-electron chi connectivity index (χ4n) is 2.59. The first kappa shape index (κ1) is 13.7. The maximum absolute atomic E-state index is 10.8. The molecule has 2 heterocycles. The van der Waals surface area contributed by atoms with Crippen molar-refractivity contribution in [2.24, 2.45) is 5.92 Å². The van der Waals surface area contributed by atoms with E-state index in [0.717, 1.165) is 25.3 Å². The molecule has 0 bridgehead atoms. The molecule has 6 heteroatoms. The van der Waals surface area contributed by atoms with Gasteiger partial charge in [0.2, 0.25) is 0 Å². The third kappa shape index (κ3) is 3.20. The summed E-state index contributed by atoms with van der Waals surface area (Å²) in [5.74, 6) is 1.26. The predicted molar refractivity (Wildman–Crippen MR) is 74.3 cm³/mol. The number of aromatic nitrogens is 1. The second kappa shape index (κ2) is 5.52. The lowest BCUT2D eigenvalue weighted by atomic mass is 9.94. The van der Waals surface area contributed by atoms with Gasteiger partial charge in [-0.25, -0.2) is 4.98 Å². The number of anilines is 1. The summed E-state index contributed by atoms with van der Waals surface area (Å²) >= 11 is 0. The molecule has 0 aromatic carbocycles. The van der Waals surface area contributed by atoms with Crippen molar-refractivity contribution in [1.29, 1.82) is 0 Å². The van der Waals surface area contributed by atoms with Gasteiger partial charge in [0, 0.05) is 18.7 Å². The summed E-state index contributed by atoms with van der Waals surface area (Å²) in [5.41, 5.74) is 0.526. The minimum atomic E-state index is -0.399. The Kier molecular flexibility index (Phi) is 3.99. The molecular formula is C13H20N4O2. The quantitative estimate of drug-likeness (QED) is 0.668. The van der Waals surface area contributed by atoms with Crippen molar-refractivity contribution in [3.05, 3.63) is 27.9 Å². The Morgan fingerprint density at radius 3 is 2.84 bits per heavy atom. The van der Waals surface area contributed by atoms with Gasteiger partial charge in [-0.3, -0.25) is 10.1 Å². The fourth-order valence-corrected chi connectivity index (χ4v) is 2.59. The van der Waals surface area contributed by atoms with Crippen LogP contribution in [0.2, 0.25) is 0 Å². The molecule has 2 unspecified atom stereocenters. The van der Waals surface area contributed by atoms with Gasteiger partial charge in [0.15, 0.2) is 0 Å². The van der Waals surface area contributed by atoms with Crippen LogP contribution in [0.1, 0.15) is 19.0 Å². The van der Waals surface area contributed by atoms with Gasteiger partial charge in [0.1, 0.15) is 11.5 Å². The summed E-state index contributed by atoms with van der Waals surface area (Å²) in [6.07, 6.45) is 1.06. The maximum atomic E-state index is 10.8. The average molecular weight is 264 g/mol. The van der Waals surface area contributed by atoms with Crippen molar-refractivity contribution in [3.63, 3.8) is 0 Å². The molecule has 1 saturated heterocycles. The van der Waals surface area contributed by atoms with E-state index in [1.165, 1.54) is 6.07 Å². The van der Waals surface area contributed by atoms with Crippen LogP contribution < -0.4 is 5.32 Å². The lowest BCUT2D eigenvalue weighted by Crippen LogP contribution is -2.43. The number of hydrogen-bond donors (Lipinski definition) is 1. The second-order valence-electron chi connectivity index (χ2n) is 5.34. The first-order valence-corrected chi connectivity index (χ1v) is 6.54. The monoisotopic (exact) mass is 264 g/mol. The van der Waals surface area contributed by atoms with Crippen LogP contribution in [-0.2, 0) is 0 Å². The van der Waals surface area contributed by atoms with Crippen molar-refractivity contribution >= 4 is 11.5 Å². The molecule has 0 amide bonds. The highest BCUT2D eigenvalue weighted by Gasteiger charge is 2.24. The molecule has 19 heavy (non-hydrogen) atoms. The highest BCUT2D eigenvalue weighted by atomic mass is 16.6. The van der Waals surface area contributed by atoms with E-state index in [1.54, 1.807) is 13.0 Å². The smallest absolute Gasteiger partial charge is 0.290 e. The summed E-state index contributed by atoms with van der Waals surface area (Å²) in [4.78, 5) is 16.9. The molecule has 1 aromatic heterocycles. The van der Waals surface area contributed by atoms with Crippen molar-refractivity contribution in [2.75, 3.05) is 25.5 Å². The molecule has 1 aliphatic heterocycles. The van der Waals surface area contributed by atoms with E-state index in [2.05, 4.69) is 29.2 Å². The Bertz CT molecular complexity index is 478. The molecule has 2 rings (SSSR count). The molecule has 1 fully saturated rings. The van der Waals surface area contributed by atoms with E-state index < -0.39 is 4.92 Å². The van der Waals surface area contributed by atoms with Crippen LogP contribution in [0.4, 0.5) is 11.5 Å². The van der Waals surface area contributed by atoms with Gasteiger partial charge >= 0.3 is 0 Å². The Morgan fingerprint density at radius 2 is 2.26 bits per heavy atom. The maximum Gasteiger partial charge on any atom is 0.290 e. The number of nitrogens with zero attached hydrogens (tertiary/aromatic N) is 3. The van der Waals surface area contributed by atoms with Crippen LogP contribution in [0, 0.1) is 23.0 Å². The molecule has 0 radical (unpaired) electrons. The van der Waals surface area contributed by atoms with E-state index >= 15 is 0 Å². The minimum absolute atomic E-state index is 0.0713. The van der Waals surface area contributed by atoms with Gasteiger partial charge in [-0.05, 0) is 38.9 Å². The fraction of sp³-hybridized carbons (Fsp3) is 0.615. The molecule has 1 aliphatic rings. The zero-order chi connectivity index (χ0) is 14.0. The van der Waals surface area contributed by atoms with Crippen molar-refractivity contribution in [2.45, 2.75) is 26.3 Å². The third-order valence-corrected chi connectivity index (χ3v) is 3.70. The van der Waals surface area contributed by atoms with Gasteiger partial charge in [-0.1, -0.05) is 6.92 Å². The number of piperidine rings is 1. The van der Waals surface area contributed by atoms with Crippen LogP contribution in [0.15, 0.2) is 12.1 Å². The highest BCUT2D eigenvalue weighted by molar-refractivity contribution is 5.45. The van der Waals surface area contributed by atoms with Crippen molar-refractivity contribution < 1.29 is 4.92 Å². The average Bonchev–Trinajstić information content (AvgIpc) is 2.32. The summed E-state index contributed by atoms with van der Waals surface area (Å²) < 4.78 is 0. The zero-order valence-corrected chi connectivity index (χ0v) is 11.6. The first-order valence-electron chi connectivity index (χ1n) is 6.54. The summed E-state index contributed by atoms with van der Waals surface area (Å²) in [6, 6.07) is 3.59. The largest absolute Gasteiger partial charge is 0.367 e. The molecule has 0 spiro atoms. The Labute approximate surface area is 113 Å². The Morgan fingerprint density at radius 1 is 1.53 bits per heavy atom. The lowest BCUT2D eigenvalue weighted by Gasteiger charge is -2.35. The van der Waals surface area contributed by atoms with Crippen LogP contribution in [0.5, 0.6) is 0 Å². The molecule has 1 aromatic rings. The number of hydrogen-bond acceptors (Lipinski definition) is 5. The zero-order valence-electron chi connectivity index (χ0n) is 11.6. The number of pyridine rings is 1. The van der Waals surface area contributed by atoms with Crippen molar-refractivity contribution in [1.82, 2.24) is 9.88 Å². The number of nitro groups is 1. The van der Waals surface area contributed by atoms with Crippen LogP contribution >= 0.6 is 0 Å². The number of likely N-dealkylation sites (tertiary alicyclic amines) is 1. The van der Waals surface area contributed by atoms with Crippen LogP contribution in [0.25, 0.3) is 0 Å². The first-order chi connectivity index (χ1) is 8.97. The van der Waals surface area contributed by atoms with Gasteiger partial charge in [0.05, 0.1) is 4.92 Å². The molecular weight excluding hydrogens is 244 g/mol. The minimum Gasteiger partial charge on any atom is -0.367 e. The van der Waals surface area contributed by atoms with Crippen LogP contribution in [0.3, 0.4) is 0 Å². The van der Waals surface area contributed by atoms with E-state index in [9.17, 15) is 10.1 Å². The summed E-state index contributed by atoms with van der Waals surface area (Å²) in [6.45, 7) is 6.00. The molecule has 6 nitrogen and oxygen atoms in total. The summed E-state index contributed by atoms with van der Waals surface area (Å²) in [5, 5.41) is 14.1. The normalized spacial score (nSPS) is 24.2. The lowest BCUT2D eigenvalue weighted by molar-refractivity contribution is -0.385. The number of aryl methyl sites for hydroxylation is 1. The Hall–Kier alpha value is -1.69. The SMILES string of the molecule is Cc1nc(NC2CCN(C)CC2C)ccc1[N+](=O)[O-]. The number of rotatable bonds is 3. The molecule has 1 N–H and O–H groups in total. The van der Waals surface area contributed by atoms with E-state index in [0.29, 0.717) is 17.7 Å². The van der Waals surface area contributed by atoms with E-state index in [1.807, 2.05) is 0 Å². The second-order valence-corrected chi connectivity index (χ2v) is 5.34. The molecule has 0 saturated carbocycles. The predicted octanol–water partition coefficient (Wildman–Crippen LogP) is 2.05. The van der Waals surface area contributed by atoms with Gasteiger partial charge in [0.25, 0.3) is 5.69 Å². The van der Waals surface area contributed by atoms with Gasteiger partial charge in [-0.15, -0.1) is 0 Å². The van der Waals surface area contributed by atoms with E-state index in [-0.39, 0.29) is 5.69 Å². The van der Waals surface area contributed by atoms with Gasteiger partial charge < -0.3 is 10.2 Å². The van der Waals surface area contributed by atoms with Crippen molar-refractivity contribution in [3.8, 4) is 0 Å². The van der Waals surface area contributed by atoms with Crippen LogP contribution in [-0.4, -0.2) is 41.0 Å². The topological polar surface area (TPSA) is 71.3 Å². The molecule has 104 valence electrons. The third-order valence-electron chi connectivity index (χ3n) is 3.70. The molecule has 2 atom stereocenters. The molecule has 0 aliphatic carbocycles. The summed E-state index contributed by atoms with van der Waals surface area (Å²) in [7, 11) is 2.13. The van der Waals surface area contributed by atoms with E-state index in [4.69, 9.17) is 0 Å². The Balaban J connectivity index is 2.07. The standard InChI is InChI=1S/C13H20N4O2/c1-9-8-16(3)7-6-11(9)15-13-5-4-12(17(18)19)10(2)14-13/h4-5,9,11H,6-8H2,1-3H3,(H,14,15). The highest BCUT2D eigenvalue weighted by Crippen LogP contribution is 2.22. The van der Waals surface area contributed by atoms with Gasteiger partial charge in [-0.2, -0.15) is 0 Å². The number of nitrogens with one attached hydrogen (secondary N) is 1.